The fraction of sp³-hybridized carbons (Fsp3) is 0.182. The third kappa shape index (κ3) is 1.53. The van der Waals surface area contributed by atoms with Crippen LogP contribution in [0.4, 0.5) is 0 Å². The van der Waals surface area contributed by atoms with Crippen molar-refractivity contribution in [3.8, 4) is 0 Å². The molecule has 0 amide bonds. The number of benzene rings is 1. The number of hydrogen-bond donors (Lipinski definition) is 1. The van der Waals surface area contributed by atoms with Gasteiger partial charge in [0, 0.05) is 22.2 Å². The zero-order valence-corrected chi connectivity index (χ0v) is 8.56. The smallest absolute Gasteiger partial charge is 0.189 e. The van der Waals surface area contributed by atoms with Gasteiger partial charge in [0.05, 0.1) is 5.52 Å². The quantitative estimate of drug-likeness (QED) is 0.767. The maximum Gasteiger partial charge on any atom is 0.189 e. The first-order chi connectivity index (χ1) is 6.70. The summed E-state index contributed by atoms with van der Waals surface area (Å²) >= 11 is 5.84. The summed E-state index contributed by atoms with van der Waals surface area (Å²) < 4.78 is 0. The fourth-order valence-electron chi connectivity index (χ4n) is 1.47. The summed E-state index contributed by atoms with van der Waals surface area (Å²) in [5, 5.41) is 1.33. The highest BCUT2D eigenvalue weighted by Crippen LogP contribution is 2.15. The molecule has 2 nitrogen and oxygen atoms in total. The van der Waals surface area contributed by atoms with Gasteiger partial charge in [0.2, 0.25) is 0 Å². The zero-order chi connectivity index (χ0) is 10.1. The number of H-pyrrole nitrogens is 1. The zero-order valence-electron chi connectivity index (χ0n) is 7.80. The summed E-state index contributed by atoms with van der Waals surface area (Å²) in [5.41, 5.74) is 1.79. The Balaban J connectivity index is 2.84. The van der Waals surface area contributed by atoms with Crippen molar-refractivity contribution in [1.82, 2.24) is 4.98 Å². The summed E-state index contributed by atoms with van der Waals surface area (Å²) in [5.74, 6) is 0. The average molecular weight is 208 g/mol. The lowest BCUT2D eigenvalue weighted by molar-refractivity contribution is 1.05. The Morgan fingerprint density at radius 3 is 2.86 bits per heavy atom. The number of rotatable bonds is 1. The van der Waals surface area contributed by atoms with Gasteiger partial charge in [-0.1, -0.05) is 18.5 Å². The van der Waals surface area contributed by atoms with Crippen LogP contribution >= 0.6 is 11.6 Å². The SMILES string of the molecule is CCc1cc(=O)c2ccc(Cl)cc2[nH]1. The van der Waals surface area contributed by atoms with Crippen LogP contribution < -0.4 is 5.43 Å². The minimum Gasteiger partial charge on any atom is -0.358 e. The number of fused-ring (bicyclic) bond motifs is 1. The van der Waals surface area contributed by atoms with Crippen molar-refractivity contribution >= 4 is 22.5 Å². The first kappa shape index (κ1) is 9.28. The number of hydrogen-bond acceptors (Lipinski definition) is 1. The van der Waals surface area contributed by atoms with E-state index in [0.717, 1.165) is 17.6 Å². The number of halogens is 1. The molecule has 1 aromatic heterocycles. The molecule has 2 rings (SSSR count). The minimum atomic E-state index is 0.0484. The molecule has 1 aromatic carbocycles. The Bertz CT molecular complexity index is 530. The Kier molecular flexibility index (Phi) is 2.30. The average Bonchev–Trinajstić information content (AvgIpc) is 2.16. The maximum absolute atomic E-state index is 11.6. The molecule has 0 unspecified atom stereocenters. The van der Waals surface area contributed by atoms with Crippen molar-refractivity contribution < 1.29 is 0 Å². The number of aromatic amines is 1. The second kappa shape index (κ2) is 3.46. The lowest BCUT2D eigenvalue weighted by atomic mass is 10.2. The third-order valence-corrected chi connectivity index (χ3v) is 2.46. The van der Waals surface area contributed by atoms with Gasteiger partial charge in [-0.2, -0.15) is 0 Å². The molecule has 0 bridgehead atoms. The van der Waals surface area contributed by atoms with E-state index < -0.39 is 0 Å². The van der Waals surface area contributed by atoms with E-state index >= 15 is 0 Å². The second-order valence-electron chi connectivity index (χ2n) is 3.20. The van der Waals surface area contributed by atoms with E-state index in [1.54, 1.807) is 24.3 Å². The molecular formula is C11H10ClNO. The Morgan fingerprint density at radius 2 is 2.14 bits per heavy atom. The van der Waals surface area contributed by atoms with Gasteiger partial charge in [-0.25, -0.2) is 0 Å². The van der Waals surface area contributed by atoms with E-state index in [1.807, 2.05) is 6.92 Å². The Morgan fingerprint density at radius 1 is 1.36 bits per heavy atom. The lowest BCUT2D eigenvalue weighted by Gasteiger charge is -2.01. The maximum atomic E-state index is 11.6. The van der Waals surface area contributed by atoms with E-state index in [2.05, 4.69) is 4.98 Å². The molecule has 0 aliphatic rings. The van der Waals surface area contributed by atoms with Gasteiger partial charge in [0.15, 0.2) is 5.43 Å². The second-order valence-corrected chi connectivity index (χ2v) is 3.64. The van der Waals surface area contributed by atoms with Gasteiger partial charge in [-0.05, 0) is 24.6 Å². The monoisotopic (exact) mass is 207 g/mol. The normalized spacial score (nSPS) is 10.7. The van der Waals surface area contributed by atoms with E-state index in [0.29, 0.717) is 10.4 Å². The number of aryl methyl sites for hydroxylation is 1. The van der Waals surface area contributed by atoms with Crippen molar-refractivity contribution in [2.45, 2.75) is 13.3 Å². The molecule has 0 aliphatic heterocycles. The molecule has 0 radical (unpaired) electrons. The standard InChI is InChI=1S/C11H10ClNO/c1-2-8-6-11(14)9-4-3-7(12)5-10(9)13-8/h3-6H,2H2,1H3,(H,13,14). The fourth-order valence-corrected chi connectivity index (χ4v) is 1.64. The molecule has 0 atom stereocenters. The molecular weight excluding hydrogens is 198 g/mol. The van der Waals surface area contributed by atoms with Crippen LogP contribution in [-0.2, 0) is 6.42 Å². The van der Waals surface area contributed by atoms with Gasteiger partial charge in [0.1, 0.15) is 0 Å². The molecule has 0 spiro atoms. The highest BCUT2D eigenvalue weighted by Gasteiger charge is 2.00. The molecule has 1 N–H and O–H groups in total. The van der Waals surface area contributed by atoms with Crippen molar-refractivity contribution in [2.24, 2.45) is 0 Å². The summed E-state index contributed by atoms with van der Waals surface area (Å²) in [6.07, 6.45) is 0.817. The highest BCUT2D eigenvalue weighted by molar-refractivity contribution is 6.31. The van der Waals surface area contributed by atoms with Gasteiger partial charge < -0.3 is 4.98 Å². The Hall–Kier alpha value is -1.28. The molecule has 0 saturated carbocycles. The topological polar surface area (TPSA) is 32.9 Å². The van der Waals surface area contributed by atoms with Crippen LogP contribution in [0.1, 0.15) is 12.6 Å². The molecule has 0 aliphatic carbocycles. The summed E-state index contributed by atoms with van der Waals surface area (Å²) in [7, 11) is 0. The van der Waals surface area contributed by atoms with Gasteiger partial charge >= 0.3 is 0 Å². The number of nitrogens with one attached hydrogen (secondary N) is 1. The van der Waals surface area contributed by atoms with Gasteiger partial charge in [0.25, 0.3) is 0 Å². The molecule has 1 heterocycles. The van der Waals surface area contributed by atoms with E-state index in [-0.39, 0.29) is 5.43 Å². The molecule has 0 saturated heterocycles. The third-order valence-electron chi connectivity index (χ3n) is 2.23. The van der Waals surface area contributed by atoms with Gasteiger partial charge in [-0.3, -0.25) is 4.79 Å². The van der Waals surface area contributed by atoms with E-state index in [1.165, 1.54) is 0 Å². The van der Waals surface area contributed by atoms with Crippen LogP contribution in [0.5, 0.6) is 0 Å². The number of aromatic nitrogens is 1. The van der Waals surface area contributed by atoms with Crippen molar-refractivity contribution in [1.29, 1.82) is 0 Å². The Labute approximate surface area is 86.5 Å². The molecule has 2 aromatic rings. The molecule has 3 heteroatoms. The summed E-state index contributed by atoms with van der Waals surface area (Å²) in [6.45, 7) is 2.00. The van der Waals surface area contributed by atoms with Crippen molar-refractivity contribution in [3.05, 3.63) is 45.2 Å². The molecule has 0 fully saturated rings. The van der Waals surface area contributed by atoms with Crippen LogP contribution in [-0.4, -0.2) is 4.98 Å². The van der Waals surface area contributed by atoms with Crippen LogP contribution in [0.15, 0.2) is 29.1 Å². The molecule has 14 heavy (non-hydrogen) atoms. The lowest BCUT2D eigenvalue weighted by Crippen LogP contribution is -2.04. The van der Waals surface area contributed by atoms with Crippen LogP contribution in [0, 0.1) is 0 Å². The van der Waals surface area contributed by atoms with Crippen LogP contribution in [0.3, 0.4) is 0 Å². The first-order valence-electron chi connectivity index (χ1n) is 4.52. The predicted octanol–water partition coefficient (Wildman–Crippen LogP) is 2.74. The first-order valence-corrected chi connectivity index (χ1v) is 4.90. The van der Waals surface area contributed by atoms with Crippen LogP contribution in [0.25, 0.3) is 10.9 Å². The molecule has 72 valence electrons. The van der Waals surface area contributed by atoms with E-state index in [9.17, 15) is 4.79 Å². The largest absolute Gasteiger partial charge is 0.358 e. The summed E-state index contributed by atoms with van der Waals surface area (Å²) in [6, 6.07) is 6.88. The minimum absolute atomic E-state index is 0.0484. The van der Waals surface area contributed by atoms with Crippen molar-refractivity contribution in [2.75, 3.05) is 0 Å². The summed E-state index contributed by atoms with van der Waals surface area (Å²) in [4.78, 5) is 14.8. The highest BCUT2D eigenvalue weighted by atomic mass is 35.5. The predicted molar refractivity (Wildman–Crippen MR) is 59.0 cm³/mol. The number of pyridine rings is 1. The van der Waals surface area contributed by atoms with Crippen molar-refractivity contribution in [3.63, 3.8) is 0 Å². The van der Waals surface area contributed by atoms with E-state index in [4.69, 9.17) is 11.6 Å². The van der Waals surface area contributed by atoms with Crippen LogP contribution in [0.2, 0.25) is 5.02 Å². The van der Waals surface area contributed by atoms with Gasteiger partial charge in [-0.15, -0.1) is 0 Å².